The molecular weight excluding hydrogens is 290 g/mol. The lowest BCUT2D eigenvalue weighted by molar-refractivity contribution is -0.136. The number of Topliss-reactive ketones (excluding diaryl/α,β-unsaturated/α-hetero) is 1. The fraction of sp³-hybridized carbons (Fsp3) is 0.263. The van der Waals surface area contributed by atoms with Crippen molar-refractivity contribution in [3.05, 3.63) is 65.0 Å². The van der Waals surface area contributed by atoms with E-state index in [-0.39, 0.29) is 12.4 Å². The average Bonchev–Trinajstić information content (AvgIpc) is 2.81. The van der Waals surface area contributed by atoms with Gasteiger partial charge in [0.15, 0.2) is 6.61 Å². The van der Waals surface area contributed by atoms with E-state index in [1.165, 1.54) is 11.6 Å². The first-order chi connectivity index (χ1) is 10.9. The summed E-state index contributed by atoms with van der Waals surface area (Å²) < 4.78 is 6.97. The van der Waals surface area contributed by atoms with Crippen molar-refractivity contribution in [2.24, 2.45) is 0 Å². The largest absolute Gasteiger partial charge is 0.454 e. The number of carbonyl (C=O) groups is 2. The summed E-state index contributed by atoms with van der Waals surface area (Å²) in [6, 6.07) is 9.95. The molecule has 0 fully saturated rings. The molecule has 0 radical (unpaired) electrons. The molecule has 4 nitrogen and oxygen atoms in total. The van der Waals surface area contributed by atoms with Gasteiger partial charge in [0, 0.05) is 28.7 Å². The summed E-state index contributed by atoms with van der Waals surface area (Å²) in [5.41, 5.74) is 4.59. The Kier molecular flexibility index (Phi) is 5.16. The molecule has 0 unspecified atom stereocenters. The number of carbonyl (C=O) groups excluding carboxylic acids is 2. The summed E-state index contributed by atoms with van der Waals surface area (Å²) in [5.74, 6) is -0.706. The van der Waals surface area contributed by atoms with Crippen LogP contribution < -0.4 is 0 Å². The molecular formula is C19H21NO3. The second kappa shape index (κ2) is 7.09. The van der Waals surface area contributed by atoms with Crippen LogP contribution in [0.2, 0.25) is 0 Å². The predicted molar refractivity (Wildman–Crippen MR) is 90.1 cm³/mol. The molecule has 0 aliphatic carbocycles. The van der Waals surface area contributed by atoms with Crippen LogP contribution in [0.1, 0.15) is 34.2 Å². The molecule has 1 aromatic carbocycles. The fourth-order valence-corrected chi connectivity index (χ4v) is 2.53. The maximum Gasteiger partial charge on any atom is 0.330 e. The molecule has 4 heteroatoms. The van der Waals surface area contributed by atoms with Crippen LogP contribution in [0.4, 0.5) is 0 Å². The second-order valence-electron chi connectivity index (χ2n) is 5.49. The predicted octanol–water partition coefficient (Wildman–Crippen LogP) is 3.70. The lowest BCUT2D eigenvalue weighted by atomic mass is 10.1. The van der Waals surface area contributed by atoms with Crippen molar-refractivity contribution in [1.82, 2.24) is 4.57 Å². The van der Waals surface area contributed by atoms with E-state index >= 15 is 0 Å². The lowest BCUT2D eigenvalue weighted by Crippen LogP contribution is -2.13. The highest BCUT2D eigenvalue weighted by Crippen LogP contribution is 2.21. The molecule has 23 heavy (non-hydrogen) atoms. The molecule has 120 valence electrons. The fourth-order valence-electron chi connectivity index (χ4n) is 2.53. The molecule has 0 atom stereocenters. The van der Waals surface area contributed by atoms with E-state index in [4.69, 9.17) is 4.74 Å². The zero-order chi connectivity index (χ0) is 17.0. The van der Waals surface area contributed by atoms with Gasteiger partial charge in [0.2, 0.25) is 5.78 Å². The van der Waals surface area contributed by atoms with Crippen LogP contribution in [0.25, 0.3) is 5.69 Å². The SMILES string of the molecule is C/C=C/C(=O)OCC(=O)c1cc(C)n(-c2ccc(C)cc2)c1C. The number of nitrogens with zero attached hydrogens (tertiary/aromatic N) is 1. The van der Waals surface area contributed by atoms with Gasteiger partial charge in [-0.05, 0) is 45.9 Å². The number of ether oxygens (including phenoxy) is 1. The number of ketones is 1. The number of esters is 1. The molecule has 0 amide bonds. The highest BCUT2D eigenvalue weighted by Gasteiger charge is 2.17. The summed E-state index contributed by atoms with van der Waals surface area (Å²) in [6.07, 6.45) is 2.87. The number of hydrogen-bond donors (Lipinski definition) is 0. The van der Waals surface area contributed by atoms with Gasteiger partial charge in [-0.1, -0.05) is 23.8 Å². The Balaban J connectivity index is 2.25. The maximum atomic E-state index is 12.3. The zero-order valence-electron chi connectivity index (χ0n) is 13.9. The molecule has 1 aromatic heterocycles. The molecule has 0 spiro atoms. The molecule has 0 saturated heterocycles. The smallest absolute Gasteiger partial charge is 0.330 e. The number of hydrogen-bond acceptors (Lipinski definition) is 3. The summed E-state index contributed by atoms with van der Waals surface area (Å²) in [5, 5.41) is 0. The van der Waals surface area contributed by atoms with Gasteiger partial charge in [0.25, 0.3) is 0 Å². The Bertz CT molecular complexity index is 752. The molecule has 0 bridgehead atoms. The van der Waals surface area contributed by atoms with Crippen molar-refractivity contribution < 1.29 is 14.3 Å². The molecule has 0 aliphatic heterocycles. The van der Waals surface area contributed by atoms with Crippen molar-refractivity contribution in [3.8, 4) is 5.69 Å². The van der Waals surface area contributed by atoms with Gasteiger partial charge in [0.1, 0.15) is 0 Å². The van der Waals surface area contributed by atoms with E-state index in [1.807, 2.05) is 55.7 Å². The second-order valence-corrected chi connectivity index (χ2v) is 5.49. The van der Waals surface area contributed by atoms with Crippen molar-refractivity contribution in [3.63, 3.8) is 0 Å². The van der Waals surface area contributed by atoms with E-state index in [0.29, 0.717) is 5.56 Å². The van der Waals surface area contributed by atoms with E-state index in [1.54, 1.807) is 13.0 Å². The average molecular weight is 311 g/mol. The van der Waals surface area contributed by atoms with Crippen LogP contribution in [0.3, 0.4) is 0 Å². The summed E-state index contributed by atoms with van der Waals surface area (Å²) in [7, 11) is 0. The monoisotopic (exact) mass is 311 g/mol. The maximum absolute atomic E-state index is 12.3. The van der Waals surface area contributed by atoms with Crippen molar-refractivity contribution in [2.45, 2.75) is 27.7 Å². The Labute approximate surface area is 136 Å². The standard InChI is InChI=1S/C19H21NO3/c1-5-6-19(22)23-12-18(21)17-11-14(3)20(15(17)4)16-9-7-13(2)8-10-16/h5-11H,12H2,1-4H3/b6-5+. The van der Waals surface area contributed by atoms with Crippen molar-refractivity contribution in [1.29, 1.82) is 0 Å². The van der Waals surface area contributed by atoms with E-state index in [0.717, 1.165) is 17.1 Å². The highest BCUT2D eigenvalue weighted by atomic mass is 16.5. The highest BCUT2D eigenvalue weighted by molar-refractivity contribution is 5.99. The third kappa shape index (κ3) is 3.77. The van der Waals surface area contributed by atoms with Gasteiger partial charge in [-0.15, -0.1) is 0 Å². The molecule has 2 aromatic rings. The molecule has 0 N–H and O–H groups in total. The minimum absolute atomic E-state index is 0.200. The van der Waals surface area contributed by atoms with Gasteiger partial charge in [-0.3, -0.25) is 4.79 Å². The van der Waals surface area contributed by atoms with E-state index < -0.39 is 5.97 Å². The minimum Gasteiger partial charge on any atom is -0.454 e. The van der Waals surface area contributed by atoms with Crippen molar-refractivity contribution >= 4 is 11.8 Å². The lowest BCUT2D eigenvalue weighted by Gasteiger charge is -2.10. The Morgan fingerprint density at radius 3 is 2.39 bits per heavy atom. The van der Waals surface area contributed by atoms with Gasteiger partial charge in [-0.25, -0.2) is 4.79 Å². The van der Waals surface area contributed by atoms with Crippen molar-refractivity contribution in [2.75, 3.05) is 6.61 Å². The van der Waals surface area contributed by atoms with Crippen LogP contribution in [0, 0.1) is 20.8 Å². The topological polar surface area (TPSA) is 48.3 Å². The van der Waals surface area contributed by atoms with Gasteiger partial charge in [0.05, 0.1) is 0 Å². The Hall–Kier alpha value is -2.62. The zero-order valence-corrected chi connectivity index (χ0v) is 13.9. The summed E-state index contributed by atoms with van der Waals surface area (Å²) >= 11 is 0. The van der Waals surface area contributed by atoms with E-state index in [2.05, 4.69) is 0 Å². The van der Waals surface area contributed by atoms with Crippen LogP contribution in [0.15, 0.2) is 42.5 Å². The summed E-state index contributed by atoms with van der Waals surface area (Å²) in [6.45, 7) is 7.36. The number of aryl methyl sites for hydroxylation is 2. The van der Waals surface area contributed by atoms with E-state index in [9.17, 15) is 9.59 Å². The molecule has 1 heterocycles. The summed E-state index contributed by atoms with van der Waals surface area (Å²) in [4.78, 5) is 23.6. The normalized spacial score (nSPS) is 11.0. The molecule has 0 saturated carbocycles. The van der Waals surface area contributed by atoms with Gasteiger partial charge < -0.3 is 9.30 Å². The Morgan fingerprint density at radius 1 is 1.13 bits per heavy atom. The third-order valence-corrected chi connectivity index (χ3v) is 3.67. The van der Waals surface area contributed by atoms with Crippen LogP contribution in [-0.2, 0) is 9.53 Å². The third-order valence-electron chi connectivity index (χ3n) is 3.67. The first kappa shape index (κ1) is 16.7. The quantitative estimate of drug-likeness (QED) is 0.480. The van der Waals surface area contributed by atoms with Crippen LogP contribution in [-0.4, -0.2) is 22.9 Å². The number of allylic oxidation sites excluding steroid dienone is 1. The number of aromatic nitrogens is 1. The van der Waals surface area contributed by atoms with Crippen LogP contribution >= 0.6 is 0 Å². The number of rotatable bonds is 5. The van der Waals surface area contributed by atoms with Gasteiger partial charge in [-0.2, -0.15) is 0 Å². The Morgan fingerprint density at radius 2 is 1.78 bits per heavy atom. The van der Waals surface area contributed by atoms with Crippen LogP contribution in [0.5, 0.6) is 0 Å². The van der Waals surface area contributed by atoms with Gasteiger partial charge >= 0.3 is 5.97 Å². The first-order valence-electron chi connectivity index (χ1n) is 7.52. The number of benzene rings is 1. The minimum atomic E-state index is -0.506. The molecule has 2 rings (SSSR count). The molecule has 0 aliphatic rings. The first-order valence-corrected chi connectivity index (χ1v) is 7.52.